The van der Waals surface area contributed by atoms with Crippen LogP contribution in [0.4, 0.5) is 5.69 Å². The molecule has 0 aromatic heterocycles. The molecule has 0 fully saturated rings. The molecule has 2 rings (SSSR count). The van der Waals surface area contributed by atoms with Crippen LogP contribution in [-0.2, 0) is 14.3 Å². The van der Waals surface area contributed by atoms with Gasteiger partial charge in [-0.3, -0.25) is 0 Å². The Labute approximate surface area is 98.7 Å². The van der Waals surface area contributed by atoms with Crippen molar-refractivity contribution in [2.45, 2.75) is 13.0 Å². The summed E-state index contributed by atoms with van der Waals surface area (Å²) in [5, 5.41) is 2.95. The van der Waals surface area contributed by atoms with Crippen LogP contribution in [0.2, 0.25) is 0 Å². The van der Waals surface area contributed by atoms with Crippen molar-refractivity contribution in [1.82, 2.24) is 0 Å². The van der Waals surface area contributed by atoms with Crippen LogP contribution in [0.1, 0.15) is 17.3 Å². The highest BCUT2D eigenvalue weighted by Gasteiger charge is 2.27. The van der Waals surface area contributed by atoms with Gasteiger partial charge in [0.25, 0.3) is 0 Å². The van der Waals surface area contributed by atoms with Gasteiger partial charge in [0, 0.05) is 5.69 Å². The number of fused-ring (bicyclic) bond motifs is 1. The quantitative estimate of drug-likeness (QED) is 0.780. The predicted molar refractivity (Wildman–Crippen MR) is 60.8 cm³/mol. The first-order chi connectivity index (χ1) is 8.22. The summed E-state index contributed by atoms with van der Waals surface area (Å²) in [4.78, 5) is 23.2. The molecule has 0 amide bonds. The van der Waals surface area contributed by atoms with Crippen LogP contribution in [0.25, 0.3) is 0 Å². The van der Waals surface area contributed by atoms with Gasteiger partial charge in [0.05, 0.1) is 12.2 Å². The molecule has 1 unspecified atom stereocenters. The number of carbonyl (C=O) groups excluding carboxylic acids is 2. The van der Waals surface area contributed by atoms with E-state index in [-0.39, 0.29) is 6.61 Å². The largest absolute Gasteiger partial charge is 0.464 e. The third kappa shape index (κ3) is 2.38. The zero-order chi connectivity index (χ0) is 12.3. The molecule has 1 atom stereocenters. The van der Waals surface area contributed by atoms with E-state index in [1.54, 1.807) is 31.2 Å². The minimum Gasteiger partial charge on any atom is -0.464 e. The Hall–Kier alpha value is -2.04. The van der Waals surface area contributed by atoms with Gasteiger partial charge in [-0.05, 0) is 19.1 Å². The maximum atomic E-state index is 11.6. The molecule has 1 heterocycles. The van der Waals surface area contributed by atoms with Crippen molar-refractivity contribution in [3.8, 4) is 0 Å². The zero-order valence-electron chi connectivity index (χ0n) is 9.43. The van der Waals surface area contributed by atoms with E-state index < -0.39 is 18.0 Å². The fourth-order valence-corrected chi connectivity index (χ4v) is 1.62. The van der Waals surface area contributed by atoms with Gasteiger partial charge < -0.3 is 14.8 Å². The number of hydrogen-bond acceptors (Lipinski definition) is 5. The number of esters is 2. The number of carbonyl (C=O) groups is 2. The van der Waals surface area contributed by atoms with Crippen LogP contribution < -0.4 is 5.32 Å². The summed E-state index contributed by atoms with van der Waals surface area (Å²) in [5.41, 5.74) is 1.02. The van der Waals surface area contributed by atoms with Gasteiger partial charge in [0.15, 0.2) is 6.04 Å². The maximum Gasteiger partial charge on any atom is 0.340 e. The Balaban J connectivity index is 2.23. The number of benzene rings is 1. The van der Waals surface area contributed by atoms with Gasteiger partial charge in [-0.1, -0.05) is 12.1 Å². The molecule has 5 heteroatoms. The average molecular weight is 235 g/mol. The number of nitrogens with one attached hydrogen (secondary N) is 1. The van der Waals surface area contributed by atoms with Crippen LogP contribution in [0.5, 0.6) is 0 Å². The van der Waals surface area contributed by atoms with E-state index in [0.29, 0.717) is 17.9 Å². The van der Waals surface area contributed by atoms with Crippen molar-refractivity contribution in [1.29, 1.82) is 0 Å². The molecule has 0 saturated heterocycles. The second-order valence-corrected chi connectivity index (χ2v) is 3.59. The van der Waals surface area contributed by atoms with E-state index in [2.05, 4.69) is 5.32 Å². The predicted octanol–water partition coefficient (Wildman–Crippen LogP) is 1.20. The Morgan fingerprint density at radius 1 is 1.53 bits per heavy atom. The lowest BCUT2D eigenvalue weighted by Crippen LogP contribution is -2.34. The van der Waals surface area contributed by atoms with Crippen molar-refractivity contribution >= 4 is 17.6 Å². The number of para-hydroxylation sites is 1. The molecule has 17 heavy (non-hydrogen) atoms. The molecule has 1 aliphatic heterocycles. The molecule has 1 aliphatic rings. The number of cyclic esters (lactones) is 1. The summed E-state index contributed by atoms with van der Waals surface area (Å²) in [6.45, 7) is 2.01. The van der Waals surface area contributed by atoms with Crippen molar-refractivity contribution in [3.05, 3.63) is 29.8 Å². The van der Waals surface area contributed by atoms with Crippen LogP contribution in [0.15, 0.2) is 24.3 Å². The summed E-state index contributed by atoms with van der Waals surface area (Å²) < 4.78 is 9.90. The number of rotatable bonds is 2. The normalized spacial score (nSPS) is 18.4. The Morgan fingerprint density at radius 2 is 2.29 bits per heavy atom. The van der Waals surface area contributed by atoms with Crippen LogP contribution in [0, 0.1) is 0 Å². The summed E-state index contributed by atoms with van der Waals surface area (Å²) in [6.07, 6.45) is 0. The highest BCUT2D eigenvalue weighted by molar-refractivity contribution is 5.97. The molecule has 1 aromatic rings. The molecule has 0 bridgehead atoms. The van der Waals surface area contributed by atoms with Crippen molar-refractivity contribution < 1.29 is 19.1 Å². The molecular formula is C12H13NO4. The third-order valence-corrected chi connectivity index (χ3v) is 2.43. The van der Waals surface area contributed by atoms with E-state index >= 15 is 0 Å². The monoisotopic (exact) mass is 235 g/mol. The van der Waals surface area contributed by atoms with Crippen molar-refractivity contribution in [2.24, 2.45) is 0 Å². The Kier molecular flexibility index (Phi) is 3.27. The first kappa shape index (κ1) is 11.4. The van der Waals surface area contributed by atoms with Gasteiger partial charge in [0.2, 0.25) is 0 Å². The minimum atomic E-state index is -0.650. The lowest BCUT2D eigenvalue weighted by molar-refractivity contribution is -0.144. The number of ether oxygens (including phenoxy) is 2. The minimum absolute atomic E-state index is 0.0215. The molecule has 0 spiro atoms. The molecule has 90 valence electrons. The lowest BCUT2D eigenvalue weighted by Gasteiger charge is -2.14. The van der Waals surface area contributed by atoms with E-state index in [1.807, 2.05) is 0 Å². The highest BCUT2D eigenvalue weighted by atomic mass is 16.6. The zero-order valence-corrected chi connectivity index (χ0v) is 9.43. The Morgan fingerprint density at radius 3 is 3.06 bits per heavy atom. The summed E-state index contributed by atoms with van der Waals surface area (Å²) in [5.74, 6) is -0.850. The molecular weight excluding hydrogens is 222 g/mol. The first-order valence-electron chi connectivity index (χ1n) is 5.41. The highest BCUT2D eigenvalue weighted by Crippen LogP contribution is 2.20. The molecule has 0 aliphatic carbocycles. The standard InChI is InChI=1S/C12H13NO4/c1-2-16-12(15)10-7-17-11(14)8-5-3-4-6-9(8)13-10/h3-6,10,13H,2,7H2,1H3. The van der Waals surface area contributed by atoms with E-state index in [9.17, 15) is 9.59 Å². The topological polar surface area (TPSA) is 64.6 Å². The average Bonchev–Trinajstić information content (AvgIpc) is 2.50. The SMILES string of the molecule is CCOC(=O)C1COC(=O)c2ccccc2N1. The summed E-state index contributed by atoms with van der Waals surface area (Å²) in [6, 6.07) is 6.26. The first-order valence-corrected chi connectivity index (χ1v) is 5.41. The van der Waals surface area contributed by atoms with E-state index in [0.717, 1.165) is 0 Å². The molecule has 0 saturated carbocycles. The number of anilines is 1. The van der Waals surface area contributed by atoms with Gasteiger partial charge >= 0.3 is 11.9 Å². The third-order valence-electron chi connectivity index (χ3n) is 2.43. The lowest BCUT2D eigenvalue weighted by atomic mass is 10.1. The molecule has 1 N–H and O–H groups in total. The van der Waals surface area contributed by atoms with E-state index in [1.165, 1.54) is 0 Å². The van der Waals surface area contributed by atoms with Crippen LogP contribution in [-0.4, -0.2) is 31.2 Å². The fourth-order valence-electron chi connectivity index (χ4n) is 1.62. The number of hydrogen-bond donors (Lipinski definition) is 1. The summed E-state index contributed by atoms with van der Waals surface area (Å²) >= 11 is 0. The van der Waals surface area contributed by atoms with Crippen LogP contribution >= 0.6 is 0 Å². The summed E-state index contributed by atoms with van der Waals surface area (Å²) in [7, 11) is 0. The van der Waals surface area contributed by atoms with Gasteiger partial charge in [-0.2, -0.15) is 0 Å². The molecule has 5 nitrogen and oxygen atoms in total. The Bertz CT molecular complexity index is 444. The second-order valence-electron chi connectivity index (χ2n) is 3.59. The van der Waals surface area contributed by atoms with Crippen molar-refractivity contribution in [3.63, 3.8) is 0 Å². The van der Waals surface area contributed by atoms with Gasteiger partial charge in [0.1, 0.15) is 6.61 Å². The molecule has 1 aromatic carbocycles. The van der Waals surface area contributed by atoms with E-state index in [4.69, 9.17) is 9.47 Å². The maximum absolute atomic E-state index is 11.6. The van der Waals surface area contributed by atoms with Crippen molar-refractivity contribution in [2.75, 3.05) is 18.5 Å². The van der Waals surface area contributed by atoms with Gasteiger partial charge in [-0.25, -0.2) is 9.59 Å². The second kappa shape index (κ2) is 4.86. The molecule has 0 radical (unpaired) electrons. The van der Waals surface area contributed by atoms with Crippen LogP contribution in [0.3, 0.4) is 0 Å². The fraction of sp³-hybridized carbons (Fsp3) is 0.333. The van der Waals surface area contributed by atoms with Gasteiger partial charge in [-0.15, -0.1) is 0 Å². The smallest absolute Gasteiger partial charge is 0.340 e.